The number of halogens is 1. The maximum absolute atomic E-state index is 12.9. The van der Waals surface area contributed by atoms with Gasteiger partial charge in [0.05, 0.1) is 6.61 Å². The minimum atomic E-state index is -0.423. The normalized spacial score (nSPS) is 20.3. The van der Waals surface area contributed by atoms with Gasteiger partial charge in [0.2, 0.25) is 0 Å². The highest BCUT2D eigenvalue weighted by Gasteiger charge is 2.25. The van der Waals surface area contributed by atoms with Crippen molar-refractivity contribution in [2.75, 3.05) is 19.7 Å². The van der Waals surface area contributed by atoms with Gasteiger partial charge in [-0.1, -0.05) is 26.0 Å². The maximum atomic E-state index is 12.9. The van der Waals surface area contributed by atoms with E-state index in [-0.39, 0.29) is 23.7 Å². The number of amides is 1. The summed E-state index contributed by atoms with van der Waals surface area (Å²) in [5.74, 6) is -0.0378. The molecule has 2 rings (SSSR count). The Kier molecular flexibility index (Phi) is 5.70. The van der Waals surface area contributed by atoms with Crippen molar-refractivity contribution < 1.29 is 13.9 Å². The van der Waals surface area contributed by atoms with Gasteiger partial charge in [0.25, 0.3) is 5.91 Å². The molecule has 0 aromatic heterocycles. The molecular formula is C16H23FN2O2. The maximum Gasteiger partial charge on any atom is 0.250 e. The van der Waals surface area contributed by atoms with E-state index in [1.54, 1.807) is 12.1 Å². The Morgan fingerprint density at radius 1 is 1.43 bits per heavy atom. The van der Waals surface area contributed by atoms with Crippen molar-refractivity contribution >= 4 is 5.91 Å². The van der Waals surface area contributed by atoms with Crippen LogP contribution in [-0.4, -0.2) is 37.7 Å². The summed E-state index contributed by atoms with van der Waals surface area (Å²) in [7, 11) is 0. The van der Waals surface area contributed by atoms with Crippen molar-refractivity contribution in [1.29, 1.82) is 0 Å². The fraction of sp³-hybridized carbons (Fsp3) is 0.562. The van der Waals surface area contributed by atoms with Crippen LogP contribution in [0.5, 0.6) is 0 Å². The van der Waals surface area contributed by atoms with Crippen LogP contribution in [0.1, 0.15) is 19.4 Å². The van der Waals surface area contributed by atoms with Gasteiger partial charge in [0.1, 0.15) is 11.9 Å². The van der Waals surface area contributed by atoms with Gasteiger partial charge < -0.3 is 15.4 Å². The molecule has 5 heteroatoms. The summed E-state index contributed by atoms with van der Waals surface area (Å²) < 4.78 is 18.4. The van der Waals surface area contributed by atoms with Crippen molar-refractivity contribution in [3.63, 3.8) is 0 Å². The number of hydrogen-bond donors (Lipinski definition) is 2. The van der Waals surface area contributed by atoms with Gasteiger partial charge in [-0.05, 0) is 30.0 Å². The standard InChI is InChI=1S/C16H23FN2O2/c1-11(2)14(9-12-3-5-13(17)6-4-12)19-16(20)15-10-18-7-8-21-15/h3-6,11,14-15,18H,7-10H2,1-2H3,(H,19,20). The molecular weight excluding hydrogens is 271 g/mol. The van der Waals surface area contributed by atoms with Crippen LogP contribution in [0.15, 0.2) is 24.3 Å². The molecule has 2 atom stereocenters. The van der Waals surface area contributed by atoms with Gasteiger partial charge in [-0.3, -0.25) is 4.79 Å². The third-order valence-corrected chi connectivity index (χ3v) is 3.72. The molecule has 1 aliphatic rings. The Labute approximate surface area is 125 Å². The van der Waals surface area contributed by atoms with Crippen molar-refractivity contribution in [2.24, 2.45) is 5.92 Å². The highest BCUT2D eigenvalue weighted by Crippen LogP contribution is 2.12. The van der Waals surface area contributed by atoms with Gasteiger partial charge in [0.15, 0.2) is 0 Å². The van der Waals surface area contributed by atoms with Crippen molar-refractivity contribution in [3.05, 3.63) is 35.6 Å². The molecule has 1 saturated heterocycles. The molecule has 1 amide bonds. The molecule has 0 saturated carbocycles. The summed E-state index contributed by atoms with van der Waals surface area (Å²) in [6.45, 7) is 6.02. The molecule has 1 aromatic carbocycles. The Morgan fingerprint density at radius 2 is 2.14 bits per heavy atom. The summed E-state index contributed by atoms with van der Waals surface area (Å²) >= 11 is 0. The smallest absolute Gasteiger partial charge is 0.250 e. The summed E-state index contributed by atoms with van der Waals surface area (Å²) in [4.78, 5) is 12.2. The predicted octanol–water partition coefficient (Wildman–Crippen LogP) is 1.50. The highest BCUT2D eigenvalue weighted by molar-refractivity contribution is 5.81. The van der Waals surface area contributed by atoms with Crippen LogP contribution in [0.3, 0.4) is 0 Å². The van der Waals surface area contributed by atoms with Crippen LogP contribution in [-0.2, 0) is 16.0 Å². The average molecular weight is 294 g/mol. The lowest BCUT2D eigenvalue weighted by Gasteiger charge is -2.27. The second-order valence-corrected chi connectivity index (χ2v) is 5.75. The van der Waals surface area contributed by atoms with Crippen LogP contribution in [0, 0.1) is 11.7 Å². The molecule has 2 unspecified atom stereocenters. The molecule has 0 radical (unpaired) electrons. The first-order chi connectivity index (χ1) is 10.1. The van der Waals surface area contributed by atoms with Crippen molar-refractivity contribution in [2.45, 2.75) is 32.4 Å². The third-order valence-electron chi connectivity index (χ3n) is 3.72. The van der Waals surface area contributed by atoms with Crippen LogP contribution >= 0.6 is 0 Å². The fourth-order valence-corrected chi connectivity index (χ4v) is 2.34. The van der Waals surface area contributed by atoms with E-state index in [1.807, 2.05) is 0 Å². The Hall–Kier alpha value is -1.46. The molecule has 1 heterocycles. The molecule has 0 spiro atoms. The van der Waals surface area contributed by atoms with Crippen molar-refractivity contribution in [3.8, 4) is 0 Å². The first kappa shape index (κ1) is 15.9. The zero-order valence-corrected chi connectivity index (χ0v) is 12.6. The number of benzene rings is 1. The van der Waals surface area contributed by atoms with Gasteiger partial charge in [0, 0.05) is 19.1 Å². The lowest BCUT2D eigenvalue weighted by Crippen LogP contribution is -2.51. The van der Waals surface area contributed by atoms with Crippen LogP contribution in [0.2, 0.25) is 0 Å². The minimum absolute atomic E-state index is 0.00786. The quantitative estimate of drug-likeness (QED) is 0.865. The number of rotatable bonds is 5. The van der Waals surface area contributed by atoms with Crippen LogP contribution < -0.4 is 10.6 Å². The summed E-state index contributed by atoms with van der Waals surface area (Å²) in [5, 5.41) is 6.20. The topological polar surface area (TPSA) is 50.4 Å². The lowest BCUT2D eigenvalue weighted by molar-refractivity contribution is -0.135. The van der Waals surface area contributed by atoms with Gasteiger partial charge in [-0.25, -0.2) is 4.39 Å². The number of morpholine rings is 1. The zero-order chi connectivity index (χ0) is 15.2. The third kappa shape index (κ3) is 4.79. The van der Waals surface area contributed by atoms with Crippen molar-refractivity contribution in [1.82, 2.24) is 10.6 Å². The Morgan fingerprint density at radius 3 is 2.71 bits per heavy atom. The Balaban J connectivity index is 1.95. The summed E-state index contributed by atoms with van der Waals surface area (Å²) in [6.07, 6.45) is 0.261. The van der Waals surface area contributed by atoms with E-state index in [1.165, 1.54) is 12.1 Å². The predicted molar refractivity (Wildman–Crippen MR) is 79.5 cm³/mol. The Bertz CT molecular complexity index is 456. The number of nitrogens with one attached hydrogen (secondary N) is 2. The van der Waals surface area contributed by atoms with E-state index < -0.39 is 6.10 Å². The van der Waals surface area contributed by atoms with E-state index in [0.717, 1.165) is 12.1 Å². The molecule has 1 fully saturated rings. The second-order valence-electron chi connectivity index (χ2n) is 5.75. The van der Waals surface area contributed by atoms with E-state index in [2.05, 4.69) is 24.5 Å². The molecule has 1 aromatic rings. The first-order valence-corrected chi connectivity index (χ1v) is 7.43. The number of carbonyl (C=O) groups excluding carboxylic acids is 1. The summed E-state index contributed by atoms with van der Waals surface area (Å²) in [6, 6.07) is 6.42. The number of ether oxygens (including phenoxy) is 1. The van der Waals surface area contributed by atoms with Crippen LogP contribution in [0.4, 0.5) is 4.39 Å². The minimum Gasteiger partial charge on any atom is -0.366 e. The molecule has 0 bridgehead atoms. The molecule has 21 heavy (non-hydrogen) atoms. The number of hydrogen-bond acceptors (Lipinski definition) is 3. The van der Waals surface area contributed by atoms with E-state index >= 15 is 0 Å². The highest BCUT2D eigenvalue weighted by atomic mass is 19.1. The molecule has 2 N–H and O–H groups in total. The SMILES string of the molecule is CC(C)C(Cc1ccc(F)cc1)NC(=O)C1CNCCO1. The zero-order valence-electron chi connectivity index (χ0n) is 12.6. The second kappa shape index (κ2) is 7.52. The summed E-state index contributed by atoms with van der Waals surface area (Å²) in [5.41, 5.74) is 1.01. The van der Waals surface area contributed by atoms with E-state index in [9.17, 15) is 9.18 Å². The molecule has 4 nitrogen and oxygen atoms in total. The monoisotopic (exact) mass is 294 g/mol. The number of carbonyl (C=O) groups is 1. The average Bonchev–Trinajstić information content (AvgIpc) is 2.49. The molecule has 116 valence electrons. The lowest BCUT2D eigenvalue weighted by atomic mass is 9.96. The van der Waals surface area contributed by atoms with Gasteiger partial charge >= 0.3 is 0 Å². The first-order valence-electron chi connectivity index (χ1n) is 7.43. The fourth-order valence-electron chi connectivity index (χ4n) is 2.34. The van der Waals surface area contributed by atoms with Gasteiger partial charge in [-0.15, -0.1) is 0 Å². The molecule has 0 aliphatic carbocycles. The van der Waals surface area contributed by atoms with Crippen LogP contribution in [0.25, 0.3) is 0 Å². The largest absolute Gasteiger partial charge is 0.366 e. The van der Waals surface area contributed by atoms with E-state index in [0.29, 0.717) is 19.6 Å². The molecule has 1 aliphatic heterocycles. The van der Waals surface area contributed by atoms with Gasteiger partial charge in [-0.2, -0.15) is 0 Å². The van der Waals surface area contributed by atoms with E-state index in [4.69, 9.17) is 4.74 Å².